The molecule has 1 fully saturated rings. The number of aryl methyl sites for hydroxylation is 1. The van der Waals surface area contributed by atoms with Gasteiger partial charge < -0.3 is 10.0 Å². The fourth-order valence-electron chi connectivity index (χ4n) is 4.05. The summed E-state index contributed by atoms with van der Waals surface area (Å²) < 4.78 is 0. The molecule has 0 bridgehead atoms. The molecule has 1 aromatic rings. The first-order valence-corrected chi connectivity index (χ1v) is 8.10. The number of benzene rings is 1. The van der Waals surface area contributed by atoms with Gasteiger partial charge in [0.15, 0.2) is 0 Å². The smallest absolute Gasteiger partial charge is 0.0899 e. The van der Waals surface area contributed by atoms with E-state index in [1.54, 1.807) is 0 Å². The molecular weight excluding hydrogens is 246 g/mol. The van der Waals surface area contributed by atoms with E-state index in [0.717, 1.165) is 38.5 Å². The molecule has 0 amide bonds. The SMILES string of the molecule is CN(C)C1CCc2cccc(C3(O)CCCCC3)c2C1. The molecule has 0 heterocycles. The summed E-state index contributed by atoms with van der Waals surface area (Å²) in [6, 6.07) is 7.21. The van der Waals surface area contributed by atoms with Gasteiger partial charge >= 0.3 is 0 Å². The van der Waals surface area contributed by atoms with Gasteiger partial charge in [-0.3, -0.25) is 0 Å². The molecular formula is C18H27NO. The van der Waals surface area contributed by atoms with Gasteiger partial charge in [-0.05, 0) is 62.9 Å². The predicted molar refractivity (Wildman–Crippen MR) is 82.9 cm³/mol. The number of hydrogen-bond donors (Lipinski definition) is 1. The van der Waals surface area contributed by atoms with Crippen LogP contribution >= 0.6 is 0 Å². The highest BCUT2D eigenvalue weighted by molar-refractivity contribution is 5.41. The zero-order chi connectivity index (χ0) is 14.2. The van der Waals surface area contributed by atoms with E-state index >= 15 is 0 Å². The second-order valence-corrected chi connectivity index (χ2v) is 6.90. The standard InChI is InChI=1S/C18H27NO/c1-19(2)15-10-9-14-7-6-8-17(16(14)13-15)18(20)11-4-3-5-12-18/h6-8,15,20H,3-5,9-13H2,1-2H3. The minimum absolute atomic E-state index is 0.558. The third-order valence-corrected chi connectivity index (χ3v) is 5.37. The van der Waals surface area contributed by atoms with Crippen LogP contribution in [0.1, 0.15) is 55.2 Å². The molecule has 2 heteroatoms. The summed E-state index contributed by atoms with van der Waals surface area (Å²) in [6.45, 7) is 0. The van der Waals surface area contributed by atoms with E-state index in [-0.39, 0.29) is 0 Å². The third kappa shape index (κ3) is 2.51. The minimum atomic E-state index is -0.558. The molecule has 0 saturated heterocycles. The van der Waals surface area contributed by atoms with E-state index in [1.807, 2.05) is 0 Å². The Kier molecular flexibility index (Phi) is 3.87. The van der Waals surface area contributed by atoms with Gasteiger partial charge in [-0.1, -0.05) is 37.5 Å². The third-order valence-electron chi connectivity index (χ3n) is 5.37. The first-order valence-electron chi connectivity index (χ1n) is 8.10. The Balaban J connectivity index is 1.96. The Morgan fingerprint density at radius 2 is 1.90 bits per heavy atom. The molecule has 2 nitrogen and oxygen atoms in total. The van der Waals surface area contributed by atoms with Crippen LogP contribution in [0.5, 0.6) is 0 Å². The van der Waals surface area contributed by atoms with Crippen LogP contribution in [-0.4, -0.2) is 30.1 Å². The fraction of sp³-hybridized carbons (Fsp3) is 0.667. The average molecular weight is 273 g/mol. The van der Waals surface area contributed by atoms with Gasteiger partial charge in [0.2, 0.25) is 0 Å². The van der Waals surface area contributed by atoms with Gasteiger partial charge in [-0.2, -0.15) is 0 Å². The van der Waals surface area contributed by atoms with Crippen molar-refractivity contribution < 1.29 is 5.11 Å². The highest BCUT2D eigenvalue weighted by Gasteiger charge is 2.35. The molecule has 1 atom stereocenters. The first kappa shape index (κ1) is 14.1. The van der Waals surface area contributed by atoms with Crippen LogP contribution in [0.3, 0.4) is 0 Å². The van der Waals surface area contributed by atoms with Gasteiger partial charge in [0.1, 0.15) is 0 Å². The molecule has 0 spiro atoms. The largest absolute Gasteiger partial charge is 0.385 e. The number of rotatable bonds is 2. The lowest BCUT2D eigenvalue weighted by Gasteiger charge is -2.38. The summed E-state index contributed by atoms with van der Waals surface area (Å²) in [7, 11) is 4.35. The molecule has 0 aromatic heterocycles. The zero-order valence-corrected chi connectivity index (χ0v) is 12.9. The quantitative estimate of drug-likeness (QED) is 0.894. The molecule has 1 saturated carbocycles. The summed E-state index contributed by atoms with van der Waals surface area (Å²) in [5, 5.41) is 11.1. The van der Waals surface area contributed by atoms with Crippen molar-refractivity contribution in [3.8, 4) is 0 Å². The van der Waals surface area contributed by atoms with Crippen molar-refractivity contribution in [2.45, 2.75) is 63.0 Å². The molecule has 2 aliphatic carbocycles. The lowest BCUT2D eigenvalue weighted by atomic mass is 9.74. The number of hydrogen-bond acceptors (Lipinski definition) is 2. The van der Waals surface area contributed by atoms with E-state index in [4.69, 9.17) is 0 Å². The highest BCUT2D eigenvalue weighted by Crippen LogP contribution is 2.41. The Bertz CT molecular complexity index is 474. The van der Waals surface area contributed by atoms with E-state index < -0.39 is 5.60 Å². The number of nitrogens with zero attached hydrogens (tertiary/aromatic N) is 1. The lowest BCUT2D eigenvalue weighted by Crippen LogP contribution is -2.36. The van der Waals surface area contributed by atoms with Crippen molar-refractivity contribution in [3.05, 3.63) is 34.9 Å². The Morgan fingerprint density at radius 3 is 2.60 bits per heavy atom. The molecule has 110 valence electrons. The normalized spacial score (nSPS) is 25.5. The van der Waals surface area contributed by atoms with Gasteiger partial charge in [-0.15, -0.1) is 0 Å². The van der Waals surface area contributed by atoms with Crippen molar-refractivity contribution in [3.63, 3.8) is 0 Å². The monoisotopic (exact) mass is 273 g/mol. The second-order valence-electron chi connectivity index (χ2n) is 6.90. The Labute approximate surface area is 122 Å². The summed E-state index contributed by atoms with van der Waals surface area (Å²) in [6.07, 6.45) is 8.98. The maximum Gasteiger partial charge on any atom is 0.0899 e. The van der Waals surface area contributed by atoms with Crippen LogP contribution in [0.2, 0.25) is 0 Å². The minimum Gasteiger partial charge on any atom is -0.385 e. The molecule has 1 aromatic carbocycles. The number of likely N-dealkylation sites (N-methyl/N-ethyl adjacent to an activating group) is 1. The van der Waals surface area contributed by atoms with Crippen LogP contribution in [0, 0.1) is 0 Å². The van der Waals surface area contributed by atoms with Gasteiger partial charge in [0.05, 0.1) is 5.60 Å². The summed E-state index contributed by atoms with van der Waals surface area (Å²) >= 11 is 0. The van der Waals surface area contributed by atoms with Gasteiger partial charge in [0.25, 0.3) is 0 Å². The summed E-state index contributed by atoms with van der Waals surface area (Å²) in [4.78, 5) is 2.34. The van der Waals surface area contributed by atoms with E-state index in [9.17, 15) is 5.11 Å². The molecule has 3 rings (SSSR count). The van der Waals surface area contributed by atoms with E-state index in [1.165, 1.54) is 29.5 Å². The van der Waals surface area contributed by atoms with E-state index in [0.29, 0.717) is 6.04 Å². The average Bonchev–Trinajstić information content (AvgIpc) is 2.46. The molecule has 1 N–H and O–H groups in total. The lowest BCUT2D eigenvalue weighted by molar-refractivity contribution is -0.00186. The summed E-state index contributed by atoms with van der Waals surface area (Å²) in [5.41, 5.74) is 3.60. The predicted octanol–water partition coefficient (Wildman–Crippen LogP) is 3.26. The van der Waals surface area contributed by atoms with Crippen LogP contribution in [0.25, 0.3) is 0 Å². The molecule has 0 aliphatic heterocycles. The zero-order valence-electron chi connectivity index (χ0n) is 12.9. The van der Waals surface area contributed by atoms with Crippen LogP contribution in [-0.2, 0) is 18.4 Å². The van der Waals surface area contributed by atoms with Crippen molar-refractivity contribution in [2.24, 2.45) is 0 Å². The molecule has 0 radical (unpaired) electrons. The van der Waals surface area contributed by atoms with Crippen molar-refractivity contribution in [1.29, 1.82) is 0 Å². The maximum absolute atomic E-state index is 11.1. The Hall–Kier alpha value is -0.860. The summed E-state index contributed by atoms with van der Waals surface area (Å²) in [5.74, 6) is 0. The van der Waals surface area contributed by atoms with Crippen LogP contribution in [0.4, 0.5) is 0 Å². The highest BCUT2D eigenvalue weighted by atomic mass is 16.3. The van der Waals surface area contributed by atoms with Crippen molar-refractivity contribution >= 4 is 0 Å². The van der Waals surface area contributed by atoms with Crippen molar-refractivity contribution in [1.82, 2.24) is 4.90 Å². The molecule has 1 unspecified atom stereocenters. The molecule has 20 heavy (non-hydrogen) atoms. The van der Waals surface area contributed by atoms with Gasteiger partial charge in [0, 0.05) is 6.04 Å². The van der Waals surface area contributed by atoms with E-state index in [2.05, 4.69) is 37.2 Å². The van der Waals surface area contributed by atoms with Crippen LogP contribution in [0.15, 0.2) is 18.2 Å². The van der Waals surface area contributed by atoms with Crippen molar-refractivity contribution in [2.75, 3.05) is 14.1 Å². The number of aliphatic hydroxyl groups is 1. The number of fused-ring (bicyclic) bond motifs is 1. The topological polar surface area (TPSA) is 23.5 Å². The first-order chi connectivity index (χ1) is 9.60. The second kappa shape index (κ2) is 5.50. The van der Waals surface area contributed by atoms with Crippen LogP contribution < -0.4 is 0 Å². The molecule has 2 aliphatic rings. The fourth-order valence-corrected chi connectivity index (χ4v) is 4.05. The Morgan fingerprint density at radius 1 is 1.15 bits per heavy atom. The van der Waals surface area contributed by atoms with Gasteiger partial charge in [-0.25, -0.2) is 0 Å². The maximum atomic E-state index is 11.1.